The number of aromatic amines is 1. The number of anilines is 2. The molecule has 4 heterocycles. The monoisotopic (exact) mass is 370 g/mol. The van der Waals surface area contributed by atoms with Gasteiger partial charge in [0.05, 0.1) is 18.9 Å². The van der Waals surface area contributed by atoms with Crippen molar-refractivity contribution < 1.29 is 4.74 Å². The highest BCUT2D eigenvalue weighted by Crippen LogP contribution is 2.24. The van der Waals surface area contributed by atoms with E-state index in [4.69, 9.17) is 9.72 Å². The summed E-state index contributed by atoms with van der Waals surface area (Å²) in [7, 11) is 0. The van der Waals surface area contributed by atoms with Crippen molar-refractivity contribution in [3.63, 3.8) is 0 Å². The quantitative estimate of drug-likeness (QED) is 0.743. The van der Waals surface area contributed by atoms with Gasteiger partial charge in [0.25, 0.3) is 5.56 Å². The average molecular weight is 370 g/mol. The van der Waals surface area contributed by atoms with Gasteiger partial charge in [-0.15, -0.1) is 0 Å². The molecule has 0 aromatic carbocycles. The molecule has 2 saturated heterocycles. The molecule has 144 valence electrons. The van der Waals surface area contributed by atoms with Crippen molar-refractivity contribution in [1.82, 2.24) is 20.3 Å². The molecule has 1 unspecified atom stereocenters. The first-order valence-corrected chi connectivity index (χ1v) is 9.58. The van der Waals surface area contributed by atoms with Crippen LogP contribution in [0.25, 0.3) is 11.3 Å². The van der Waals surface area contributed by atoms with Gasteiger partial charge in [0.1, 0.15) is 11.4 Å². The second-order valence-corrected chi connectivity index (χ2v) is 7.12. The fourth-order valence-electron chi connectivity index (χ4n) is 3.51. The van der Waals surface area contributed by atoms with Crippen LogP contribution in [0.4, 0.5) is 11.8 Å². The van der Waals surface area contributed by atoms with Gasteiger partial charge in [-0.25, -0.2) is 0 Å². The van der Waals surface area contributed by atoms with Gasteiger partial charge < -0.3 is 20.3 Å². The van der Waals surface area contributed by atoms with E-state index in [1.807, 2.05) is 19.1 Å². The molecule has 0 radical (unpaired) electrons. The zero-order valence-corrected chi connectivity index (χ0v) is 15.6. The van der Waals surface area contributed by atoms with E-state index in [-0.39, 0.29) is 11.6 Å². The summed E-state index contributed by atoms with van der Waals surface area (Å²) >= 11 is 0. The molecule has 0 spiro atoms. The van der Waals surface area contributed by atoms with Crippen LogP contribution < -0.4 is 21.1 Å². The molecule has 0 aliphatic carbocycles. The highest BCUT2D eigenvalue weighted by atomic mass is 16.5. The van der Waals surface area contributed by atoms with Gasteiger partial charge in [-0.2, -0.15) is 4.98 Å². The first-order chi connectivity index (χ1) is 13.2. The number of hydrogen-bond donors (Lipinski definition) is 3. The SMILES string of the molecule is Cc1ccc(-c2c(NC3CCCNC3)nc(N3CCOCC3)[nH]c2=O)nc1. The van der Waals surface area contributed by atoms with Crippen LogP contribution in [-0.2, 0) is 4.74 Å². The summed E-state index contributed by atoms with van der Waals surface area (Å²) in [5.74, 6) is 1.19. The molecular formula is C19H26N6O2. The first-order valence-electron chi connectivity index (χ1n) is 9.58. The van der Waals surface area contributed by atoms with Crippen molar-refractivity contribution in [2.45, 2.75) is 25.8 Å². The van der Waals surface area contributed by atoms with Gasteiger partial charge in [0.15, 0.2) is 0 Å². The minimum atomic E-state index is -0.172. The van der Waals surface area contributed by atoms with E-state index in [1.165, 1.54) is 0 Å². The zero-order valence-electron chi connectivity index (χ0n) is 15.6. The number of piperidine rings is 1. The van der Waals surface area contributed by atoms with Crippen LogP contribution in [0, 0.1) is 6.92 Å². The van der Waals surface area contributed by atoms with Gasteiger partial charge in [-0.05, 0) is 37.9 Å². The van der Waals surface area contributed by atoms with Crippen molar-refractivity contribution >= 4 is 11.8 Å². The Kier molecular flexibility index (Phi) is 5.35. The van der Waals surface area contributed by atoms with Crippen LogP contribution in [0.5, 0.6) is 0 Å². The topological polar surface area (TPSA) is 95.2 Å². The first kappa shape index (κ1) is 17.9. The summed E-state index contributed by atoms with van der Waals surface area (Å²) in [6.45, 7) is 6.59. The third kappa shape index (κ3) is 4.12. The van der Waals surface area contributed by atoms with Gasteiger partial charge in [-0.1, -0.05) is 6.07 Å². The molecule has 0 bridgehead atoms. The van der Waals surface area contributed by atoms with E-state index >= 15 is 0 Å². The molecule has 2 aromatic heterocycles. The lowest BCUT2D eigenvalue weighted by molar-refractivity contribution is 0.122. The van der Waals surface area contributed by atoms with Gasteiger partial charge in [-0.3, -0.25) is 14.8 Å². The van der Waals surface area contributed by atoms with E-state index in [0.717, 1.165) is 44.6 Å². The number of rotatable bonds is 4. The fourth-order valence-corrected chi connectivity index (χ4v) is 3.51. The van der Waals surface area contributed by atoms with Crippen LogP contribution in [-0.4, -0.2) is 60.4 Å². The highest BCUT2D eigenvalue weighted by molar-refractivity contribution is 5.73. The predicted octanol–water partition coefficient (Wildman–Crippen LogP) is 1.14. The Hall–Kier alpha value is -2.45. The van der Waals surface area contributed by atoms with Crippen LogP contribution in [0.1, 0.15) is 18.4 Å². The van der Waals surface area contributed by atoms with E-state index in [2.05, 4.69) is 25.5 Å². The van der Waals surface area contributed by atoms with Crippen LogP contribution in [0.2, 0.25) is 0 Å². The molecule has 3 N–H and O–H groups in total. The zero-order chi connectivity index (χ0) is 18.6. The number of pyridine rings is 1. The number of H-pyrrole nitrogens is 1. The van der Waals surface area contributed by atoms with Gasteiger partial charge in [0, 0.05) is 31.9 Å². The normalized spacial score (nSPS) is 20.5. The number of aromatic nitrogens is 3. The molecule has 4 rings (SSSR count). The summed E-state index contributed by atoms with van der Waals surface area (Å²) < 4.78 is 5.41. The number of ether oxygens (including phenoxy) is 1. The number of hydrogen-bond acceptors (Lipinski definition) is 7. The number of morpholine rings is 1. The lowest BCUT2D eigenvalue weighted by atomic mass is 10.1. The minimum Gasteiger partial charge on any atom is -0.378 e. The molecular weight excluding hydrogens is 344 g/mol. The summed E-state index contributed by atoms with van der Waals surface area (Å²) in [5, 5.41) is 6.89. The summed E-state index contributed by atoms with van der Waals surface area (Å²) in [6.07, 6.45) is 3.93. The largest absolute Gasteiger partial charge is 0.378 e. The fraction of sp³-hybridized carbons (Fsp3) is 0.526. The van der Waals surface area contributed by atoms with Crippen LogP contribution in [0.3, 0.4) is 0 Å². The van der Waals surface area contributed by atoms with Crippen LogP contribution in [0.15, 0.2) is 23.1 Å². The van der Waals surface area contributed by atoms with E-state index in [0.29, 0.717) is 36.2 Å². The molecule has 0 saturated carbocycles. The molecule has 2 aliphatic heterocycles. The van der Waals surface area contributed by atoms with Gasteiger partial charge in [0.2, 0.25) is 5.95 Å². The maximum Gasteiger partial charge on any atom is 0.263 e. The predicted molar refractivity (Wildman–Crippen MR) is 105 cm³/mol. The van der Waals surface area contributed by atoms with Crippen molar-refractivity contribution in [1.29, 1.82) is 0 Å². The summed E-state index contributed by atoms with van der Waals surface area (Å²) in [6, 6.07) is 4.08. The molecule has 27 heavy (non-hydrogen) atoms. The molecule has 2 aliphatic rings. The molecule has 1 atom stereocenters. The number of aryl methyl sites for hydroxylation is 1. The molecule has 8 nitrogen and oxygen atoms in total. The third-order valence-corrected chi connectivity index (χ3v) is 5.02. The Bertz CT molecular complexity index is 823. The number of nitrogens with one attached hydrogen (secondary N) is 3. The molecule has 2 fully saturated rings. The van der Waals surface area contributed by atoms with E-state index < -0.39 is 0 Å². The molecule has 0 amide bonds. The number of nitrogens with zero attached hydrogens (tertiary/aromatic N) is 3. The minimum absolute atomic E-state index is 0.172. The Morgan fingerprint density at radius 1 is 1.30 bits per heavy atom. The van der Waals surface area contributed by atoms with Crippen molar-refractivity contribution in [3.8, 4) is 11.3 Å². The summed E-state index contributed by atoms with van der Waals surface area (Å²) in [5.41, 5.74) is 2.01. The van der Waals surface area contributed by atoms with E-state index in [1.54, 1.807) is 6.20 Å². The average Bonchev–Trinajstić information content (AvgIpc) is 2.70. The maximum absolute atomic E-state index is 13.0. The highest BCUT2D eigenvalue weighted by Gasteiger charge is 2.22. The van der Waals surface area contributed by atoms with E-state index in [9.17, 15) is 4.79 Å². The van der Waals surface area contributed by atoms with Gasteiger partial charge >= 0.3 is 0 Å². The lowest BCUT2D eigenvalue weighted by Crippen LogP contribution is -2.40. The van der Waals surface area contributed by atoms with Crippen molar-refractivity contribution in [3.05, 3.63) is 34.2 Å². The molecule has 2 aromatic rings. The Morgan fingerprint density at radius 3 is 2.85 bits per heavy atom. The summed E-state index contributed by atoms with van der Waals surface area (Å²) in [4.78, 5) is 27.2. The smallest absolute Gasteiger partial charge is 0.263 e. The third-order valence-electron chi connectivity index (χ3n) is 5.02. The second-order valence-electron chi connectivity index (χ2n) is 7.12. The molecule has 8 heteroatoms. The lowest BCUT2D eigenvalue weighted by Gasteiger charge is -2.29. The van der Waals surface area contributed by atoms with Crippen molar-refractivity contribution in [2.75, 3.05) is 49.6 Å². The Labute approximate surface area is 158 Å². The van der Waals surface area contributed by atoms with Crippen molar-refractivity contribution in [2.24, 2.45) is 0 Å². The van der Waals surface area contributed by atoms with Crippen LogP contribution >= 0.6 is 0 Å². The second kappa shape index (κ2) is 8.06. The Balaban J connectivity index is 1.73. The maximum atomic E-state index is 13.0. The Morgan fingerprint density at radius 2 is 2.15 bits per heavy atom. The standard InChI is InChI=1S/C19H26N6O2/c1-13-4-5-15(21-11-13)16-17(22-14-3-2-6-20-12-14)23-19(24-18(16)26)25-7-9-27-10-8-25/h4-5,11,14,20H,2-3,6-10,12H2,1H3,(H2,22,23,24,26).